The molecule has 0 radical (unpaired) electrons. The Kier molecular flexibility index (Phi) is 3.95. The summed E-state index contributed by atoms with van der Waals surface area (Å²) >= 11 is 0. The van der Waals surface area contributed by atoms with Crippen molar-refractivity contribution >= 4 is 20.8 Å². The number of nitrogens with zero attached hydrogens (tertiary/aromatic N) is 1. The predicted molar refractivity (Wildman–Crippen MR) is 57.2 cm³/mol. The number of sulfonamides is 1. The molecule has 0 aromatic carbocycles. The van der Waals surface area contributed by atoms with Crippen LogP contribution in [0.1, 0.15) is 13.3 Å². The highest BCUT2D eigenvalue weighted by molar-refractivity contribution is 7.90. The number of rotatable bonds is 4. The molecule has 0 saturated heterocycles. The van der Waals surface area contributed by atoms with Crippen LogP contribution in [-0.2, 0) is 20.8 Å². The van der Waals surface area contributed by atoms with Gasteiger partial charge in [0.05, 0.1) is 15.7 Å². The largest absolute Gasteiger partial charge is 0.256 e. The van der Waals surface area contributed by atoms with Gasteiger partial charge in [0.25, 0.3) is 10.0 Å². The van der Waals surface area contributed by atoms with Crippen LogP contribution in [0.25, 0.3) is 0 Å². The highest BCUT2D eigenvalue weighted by Gasteiger charge is 2.18. The third kappa shape index (κ3) is 3.08. The average Bonchev–Trinajstić information content (AvgIpc) is 2.17. The molecule has 0 amide bonds. The Morgan fingerprint density at radius 1 is 1.53 bits per heavy atom. The summed E-state index contributed by atoms with van der Waals surface area (Å²) in [4.78, 5) is 3.83. The lowest BCUT2D eigenvalue weighted by Gasteiger charge is -2.04. The molecule has 0 spiro atoms. The molecule has 1 rings (SSSR count). The molecular formula is C8H12N2O3S2. The van der Waals surface area contributed by atoms with Crippen molar-refractivity contribution in [2.24, 2.45) is 5.14 Å². The van der Waals surface area contributed by atoms with Gasteiger partial charge in [0, 0.05) is 11.9 Å². The molecule has 7 heteroatoms. The average molecular weight is 248 g/mol. The van der Waals surface area contributed by atoms with Gasteiger partial charge in [0.15, 0.2) is 5.03 Å². The summed E-state index contributed by atoms with van der Waals surface area (Å²) in [6, 6.07) is 3.01. The number of nitrogens with two attached hydrogens (primary N) is 1. The lowest BCUT2D eigenvalue weighted by molar-refractivity contribution is 0.590. The maximum atomic E-state index is 11.7. The van der Waals surface area contributed by atoms with Crippen molar-refractivity contribution in [2.75, 3.05) is 5.75 Å². The fourth-order valence-electron chi connectivity index (χ4n) is 1.06. The van der Waals surface area contributed by atoms with Gasteiger partial charge < -0.3 is 0 Å². The minimum atomic E-state index is -3.90. The Labute approximate surface area is 91.2 Å². The molecule has 0 aliphatic heterocycles. The van der Waals surface area contributed by atoms with Gasteiger partial charge in [0.2, 0.25) is 0 Å². The van der Waals surface area contributed by atoms with Gasteiger partial charge >= 0.3 is 0 Å². The number of aromatic nitrogens is 1. The van der Waals surface area contributed by atoms with Gasteiger partial charge in [-0.05, 0) is 18.6 Å². The molecule has 1 atom stereocenters. The standard InChI is InChI=1S/C8H12N2O3S2/c1-2-6-14(11)7-4-3-5-10-8(7)15(9,12)13/h3-5H,2,6H2,1H3,(H2,9,12,13). The Morgan fingerprint density at radius 2 is 2.20 bits per heavy atom. The fourth-order valence-corrected chi connectivity index (χ4v) is 3.31. The maximum Gasteiger partial charge on any atom is 0.256 e. The van der Waals surface area contributed by atoms with Gasteiger partial charge in [-0.3, -0.25) is 4.21 Å². The van der Waals surface area contributed by atoms with E-state index in [1.807, 2.05) is 6.92 Å². The summed E-state index contributed by atoms with van der Waals surface area (Å²) in [6.45, 7) is 1.87. The molecule has 1 heterocycles. The lowest BCUT2D eigenvalue weighted by atomic mass is 10.5. The van der Waals surface area contributed by atoms with Crippen LogP contribution in [0.5, 0.6) is 0 Å². The first kappa shape index (κ1) is 12.3. The topological polar surface area (TPSA) is 90.1 Å². The van der Waals surface area contributed by atoms with Crippen molar-refractivity contribution in [2.45, 2.75) is 23.3 Å². The molecule has 5 nitrogen and oxygen atoms in total. The zero-order valence-corrected chi connectivity index (χ0v) is 9.85. The predicted octanol–water partition coefficient (Wildman–Crippen LogP) is 0.247. The second-order valence-electron chi connectivity index (χ2n) is 2.90. The second-order valence-corrected chi connectivity index (χ2v) is 5.92. The lowest BCUT2D eigenvalue weighted by Crippen LogP contribution is -2.17. The first-order valence-electron chi connectivity index (χ1n) is 4.33. The maximum absolute atomic E-state index is 11.7. The first-order valence-corrected chi connectivity index (χ1v) is 7.19. The van der Waals surface area contributed by atoms with Crippen LogP contribution in [0.3, 0.4) is 0 Å². The van der Waals surface area contributed by atoms with Crippen LogP contribution < -0.4 is 5.14 Å². The van der Waals surface area contributed by atoms with Gasteiger partial charge in [-0.2, -0.15) is 0 Å². The Morgan fingerprint density at radius 3 is 2.73 bits per heavy atom. The Balaban J connectivity index is 3.25. The third-order valence-corrected chi connectivity index (χ3v) is 4.23. The van der Waals surface area contributed by atoms with Gasteiger partial charge in [-0.1, -0.05) is 6.92 Å². The van der Waals surface area contributed by atoms with Crippen LogP contribution >= 0.6 is 0 Å². The molecule has 0 fully saturated rings. The molecule has 0 aliphatic rings. The van der Waals surface area contributed by atoms with Gasteiger partial charge in [-0.25, -0.2) is 18.5 Å². The van der Waals surface area contributed by atoms with Crippen molar-refractivity contribution in [1.29, 1.82) is 0 Å². The summed E-state index contributed by atoms with van der Waals surface area (Å²) in [6.07, 6.45) is 2.01. The van der Waals surface area contributed by atoms with E-state index in [0.717, 1.165) is 0 Å². The summed E-state index contributed by atoms with van der Waals surface area (Å²) in [7, 11) is -5.26. The minimum Gasteiger partial charge on any atom is -0.254 e. The van der Waals surface area contributed by atoms with E-state index in [0.29, 0.717) is 12.2 Å². The third-order valence-electron chi connectivity index (χ3n) is 1.64. The Bertz CT molecular complexity index is 471. The van der Waals surface area contributed by atoms with E-state index in [9.17, 15) is 12.6 Å². The van der Waals surface area contributed by atoms with E-state index in [1.54, 1.807) is 0 Å². The summed E-state index contributed by atoms with van der Waals surface area (Å²) < 4.78 is 33.9. The summed E-state index contributed by atoms with van der Waals surface area (Å²) in [5.41, 5.74) is 0. The van der Waals surface area contributed by atoms with Gasteiger partial charge in [-0.15, -0.1) is 0 Å². The van der Waals surface area contributed by atoms with Crippen molar-refractivity contribution in [3.8, 4) is 0 Å². The molecule has 0 aliphatic carbocycles. The van der Waals surface area contributed by atoms with E-state index >= 15 is 0 Å². The number of hydrogen-bond acceptors (Lipinski definition) is 4. The SMILES string of the molecule is CCCS(=O)c1cccnc1S(N)(=O)=O. The number of hydrogen-bond donors (Lipinski definition) is 1. The molecule has 1 unspecified atom stereocenters. The van der Waals surface area contributed by atoms with E-state index in [-0.39, 0.29) is 9.92 Å². The molecule has 1 aromatic heterocycles. The number of pyridine rings is 1. The first-order chi connectivity index (χ1) is 6.96. The van der Waals surface area contributed by atoms with Crippen molar-refractivity contribution in [3.63, 3.8) is 0 Å². The second kappa shape index (κ2) is 4.82. The van der Waals surface area contributed by atoms with Crippen LogP contribution in [0.15, 0.2) is 28.3 Å². The van der Waals surface area contributed by atoms with Crippen LogP contribution in [0.4, 0.5) is 0 Å². The van der Waals surface area contributed by atoms with Crippen molar-refractivity contribution < 1.29 is 12.6 Å². The van der Waals surface area contributed by atoms with Crippen LogP contribution in [-0.4, -0.2) is 23.4 Å². The smallest absolute Gasteiger partial charge is 0.254 e. The molecule has 0 saturated carbocycles. The van der Waals surface area contributed by atoms with Crippen molar-refractivity contribution in [1.82, 2.24) is 4.98 Å². The highest BCUT2D eigenvalue weighted by Crippen LogP contribution is 2.15. The molecule has 2 N–H and O–H groups in total. The molecule has 15 heavy (non-hydrogen) atoms. The monoisotopic (exact) mass is 248 g/mol. The van der Waals surface area contributed by atoms with Crippen LogP contribution in [0.2, 0.25) is 0 Å². The molecule has 1 aromatic rings. The molecule has 84 valence electrons. The minimum absolute atomic E-state index is 0.182. The van der Waals surface area contributed by atoms with Crippen molar-refractivity contribution in [3.05, 3.63) is 18.3 Å². The zero-order valence-electron chi connectivity index (χ0n) is 8.21. The summed E-state index contributed by atoms with van der Waals surface area (Å²) in [5, 5.41) is 4.67. The molecular weight excluding hydrogens is 236 g/mol. The van der Waals surface area contributed by atoms with E-state index in [1.165, 1.54) is 18.3 Å². The zero-order chi connectivity index (χ0) is 11.5. The van der Waals surface area contributed by atoms with E-state index in [4.69, 9.17) is 5.14 Å². The van der Waals surface area contributed by atoms with E-state index in [2.05, 4.69) is 4.98 Å². The summed E-state index contributed by atoms with van der Waals surface area (Å²) in [5.74, 6) is 0.397. The molecule has 0 bridgehead atoms. The quantitative estimate of drug-likeness (QED) is 0.826. The van der Waals surface area contributed by atoms with Gasteiger partial charge in [0.1, 0.15) is 0 Å². The normalized spacial score (nSPS) is 13.7. The van der Waals surface area contributed by atoms with E-state index < -0.39 is 20.8 Å². The van der Waals surface area contributed by atoms with Crippen LogP contribution in [0, 0.1) is 0 Å². The number of primary sulfonamides is 1. The highest BCUT2D eigenvalue weighted by atomic mass is 32.2. The Hall–Kier alpha value is -0.790. The fraction of sp³-hybridized carbons (Fsp3) is 0.375.